The van der Waals surface area contributed by atoms with Crippen LogP contribution in [0.5, 0.6) is 11.5 Å². The molecule has 1 saturated carbocycles. The van der Waals surface area contributed by atoms with Crippen molar-refractivity contribution in [2.75, 3.05) is 14.2 Å². The van der Waals surface area contributed by atoms with Gasteiger partial charge in [-0.05, 0) is 46.8 Å². The minimum atomic E-state index is -0.953. The summed E-state index contributed by atoms with van der Waals surface area (Å²) >= 11 is 3.42. The van der Waals surface area contributed by atoms with Gasteiger partial charge in [0.25, 0.3) is 0 Å². The zero-order valence-electron chi connectivity index (χ0n) is 12.5. The van der Waals surface area contributed by atoms with Gasteiger partial charge in [0.1, 0.15) is 22.1 Å². The van der Waals surface area contributed by atoms with E-state index >= 15 is 0 Å². The van der Waals surface area contributed by atoms with E-state index < -0.39 is 12.2 Å². The number of aliphatic hydroxyl groups is 2. The van der Waals surface area contributed by atoms with E-state index in [1.165, 1.54) is 6.42 Å². The Morgan fingerprint density at radius 2 is 1.76 bits per heavy atom. The molecule has 21 heavy (non-hydrogen) atoms. The van der Waals surface area contributed by atoms with E-state index in [1.807, 2.05) is 0 Å². The predicted octanol–water partition coefficient (Wildman–Crippen LogP) is 3.44. The molecule has 5 heteroatoms. The first kappa shape index (κ1) is 16.6. The number of ether oxygens (including phenoxy) is 2. The Morgan fingerprint density at radius 1 is 1.10 bits per heavy atom. The molecule has 0 heterocycles. The molecular formula is C16H23BrO4. The van der Waals surface area contributed by atoms with Gasteiger partial charge in [-0.1, -0.05) is 19.3 Å². The van der Waals surface area contributed by atoms with Gasteiger partial charge in [-0.15, -0.1) is 0 Å². The number of aliphatic hydroxyl groups excluding tert-OH is 2. The van der Waals surface area contributed by atoms with Crippen LogP contribution in [0.3, 0.4) is 0 Å². The quantitative estimate of drug-likeness (QED) is 0.846. The molecule has 0 saturated heterocycles. The van der Waals surface area contributed by atoms with Crippen molar-refractivity contribution in [1.29, 1.82) is 0 Å². The van der Waals surface area contributed by atoms with Crippen molar-refractivity contribution in [3.8, 4) is 11.5 Å². The van der Waals surface area contributed by atoms with E-state index in [4.69, 9.17) is 9.47 Å². The van der Waals surface area contributed by atoms with Gasteiger partial charge in [0.2, 0.25) is 0 Å². The number of rotatable bonds is 5. The summed E-state index contributed by atoms with van der Waals surface area (Å²) in [4.78, 5) is 0. The smallest absolute Gasteiger partial charge is 0.142 e. The van der Waals surface area contributed by atoms with Crippen molar-refractivity contribution in [1.82, 2.24) is 0 Å². The molecule has 1 aliphatic carbocycles. The number of methoxy groups -OCH3 is 2. The highest BCUT2D eigenvalue weighted by atomic mass is 79.9. The maximum Gasteiger partial charge on any atom is 0.142 e. The summed E-state index contributed by atoms with van der Waals surface area (Å²) in [5, 5.41) is 21.0. The van der Waals surface area contributed by atoms with Gasteiger partial charge < -0.3 is 19.7 Å². The third kappa shape index (κ3) is 3.52. The minimum Gasteiger partial charge on any atom is -0.495 e. The fourth-order valence-corrected chi connectivity index (χ4v) is 3.75. The molecule has 0 aromatic heterocycles. The molecule has 0 spiro atoms. The molecule has 118 valence electrons. The van der Waals surface area contributed by atoms with E-state index in [1.54, 1.807) is 26.4 Å². The molecule has 0 amide bonds. The Balaban J connectivity index is 2.25. The van der Waals surface area contributed by atoms with Crippen LogP contribution in [0.25, 0.3) is 0 Å². The van der Waals surface area contributed by atoms with Crippen LogP contribution in [0.2, 0.25) is 0 Å². The summed E-state index contributed by atoms with van der Waals surface area (Å²) in [5.41, 5.74) is 0.586. The zero-order valence-corrected chi connectivity index (χ0v) is 14.1. The molecule has 0 aliphatic heterocycles. The van der Waals surface area contributed by atoms with Crippen molar-refractivity contribution < 1.29 is 19.7 Å². The lowest BCUT2D eigenvalue weighted by Gasteiger charge is -2.30. The van der Waals surface area contributed by atoms with E-state index in [0.29, 0.717) is 21.5 Å². The van der Waals surface area contributed by atoms with Gasteiger partial charge in [-0.3, -0.25) is 0 Å². The molecule has 4 nitrogen and oxygen atoms in total. The molecule has 1 aromatic rings. The van der Waals surface area contributed by atoms with E-state index in [0.717, 1.165) is 25.7 Å². The van der Waals surface area contributed by atoms with Crippen LogP contribution >= 0.6 is 15.9 Å². The molecule has 2 atom stereocenters. The maximum atomic E-state index is 10.5. The molecular weight excluding hydrogens is 336 g/mol. The van der Waals surface area contributed by atoms with Crippen LogP contribution in [-0.2, 0) is 0 Å². The average Bonchev–Trinajstić information content (AvgIpc) is 2.54. The second kappa shape index (κ2) is 7.47. The van der Waals surface area contributed by atoms with Gasteiger partial charge in [0, 0.05) is 5.56 Å². The van der Waals surface area contributed by atoms with Crippen LogP contribution in [0, 0.1) is 5.92 Å². The normalized spacial score (nSPS) is 19.1. The van der Waals surface area contributed by atoms with Crippen LogP contribution < -0.4 is 9.47 Å². The number of hydrogen-bond acceptors (Lipinski definition) is 4. The molecule has 0 bridgehead atoms. The Morgan fingerprint density at radius 3 is 2.33 bits per heavy atom. The minimum absolute atomic E-state index is 0.152. The largest absolute Gasteiger partial charge is 0.495 e. The second-order valence-electron chi connectivity index (χ2n) is 5.54. The van der Waals surface area contributed by atoms with Gasteiger partial charge >= 0.3 is 0 Å². The van der Waals surface area contributed by atoms with Gasteiger partial charge in [-0.25, -0.2) is 0 Å². The summed E-state index contributed by atoms with van der Waals surface area (Å²) in [5.74, 6) is 1.30. The van der Waals surface area contributed by atoms with Crippen molar-refractivity contribution in [3.05, 3.63) is 22.2 Å². The molecule has 1 aliphatic rings. The Kier molecular flexibility index (Phi) is 5.90. The maximum absolute atomic E-state index is 10.5. The summed E-state index contributed by atoms with van der Waals surface area (Å²) in [7, 11) is 3.12. The standard InChI is InChI=1S/C16H23BrO4/c1-20-12-9-8-11(16(21-2)13(12)17)15(19)14(18)10-6-4-3-5-7-10/h8-10,14-15,18-19H,3-7H2,1-2H3. The number of benzene rings is 1. The monoisotopic (exact) mass is 358 g/mol. The van der Waals surface area contributed by atoms with E-state index in [9.17, 15) is 10.2 Å². The Labute approximate surface area is 134 Å². The Bertz CT molecular complexity index is 472. The molecule has 0 radical (unpaired) electrons. The lowest BCUT2D eigenvalue weighted by molar-refractivity contribution is -0.0295. The van der Waals surface area contributed by atoms with Crippen LogP contribution in [0.1, 0.15) is 43.8 Å². The van der Waals surface area contributed by atoms with Crippen LogP contribution in [0.15, 0.2) is 16.6 Å². The van der Waals surface area contributed by atoms with Gasteiger partial charge in [-0.2, -0.15) is 0 Å². The van der Waals surface area contributed by atoms with Gasteiger partial charge in [0.05, 0.1) is 20.3 Å². The molecule has 2 unspecified atom stereocenters. The molecule has 1 fully saturated rings. The fraction of sp³-hybridized carbons (Fsp3) is 0.625. The lowest BCUT2D eigenvalue weighted by Crippen LogP contribution is -2.29. The third-order valence-corrected chi connectivity index (χ3v) is 5.04. The first-order valence-corrected chi connectivity index (χ1v) is 8.16. The topological polar surface area (TPSA) is 58.9 Å². The summed E-state index contributed by atoms with van der Waals surface area (Å²) in [6.07, 6.45) is 3.69. The van der Waals surface area contributed by atoms with Crippen molar-refractivity contribution in [3.63, 3.8) is 0 Å². The summed E-state index contributed by atoms with van der Waals surface area (Å²) < 4.78 is 11.3. The third-order valence-electron chi connectivity index (χ3n) is 4.29. The lowest BCUT2D eigenvalue weighted by atomic mass is 9.82. The van der Waals surface area contributed by atoms with Crippen molar-refractivity contribution >= 4 is 15.9 Å². The summed E-state index contributed by atoms with van der Waals surface area (Å²) in [6.45, 7) is 0. The molecule has 1 aromatic carbocycles. The molecule has 2 N–H and O–H groups in total. The highest BCUT2D eigenvalue weighted by molar-refractivity contribution is 9.10. The van der Waals surface area contributed by atoms with Crippen molar-refractivity contribution in [2.45, 2.75) is 44.3 Å². The van der Waals surface area contributed by atoms with Crippen LogP contribution in [0.4, 0.5) is 0 Å². The zero-order chi connectivity index (χ0) is 15.4. The number of halogens is 1. The van der Waals surface area contributed by atoms with E-state index in [-0.39, 0.29) is 5.92 Å². The number of hydrogen-bond donors (Lipinski definition) is 2. The second-order valence-corrected chi connectivity index (χ2v) is 6.33. The highest BCUT2D eigenvalue weighted by Gasteiger charge is 2.31. The first-order valence-electron chi connectivity index (χ1n) is 7.36. The SMILES string of the molecule is COc1ccc(C(O)C(O)C2CCCCC2)c(OC)c1Br. The van der Waals surface area contributed by atoms with E-state index in [2.05, 4.69) is 15.9 Å². The first-order chi connectivity index (χ1) is 10.1. The Hall–Kier alpha value is -0.780. The highest BCUT2D eigenvalue weighted by Crippen LogP contribution is 2.42. The average molecular weight is 359 g/mol. The molecule has 2 rings (SSSR count). The van der Waals surface area contributed by atoms with Crippen molar-refractivity contribution in [2.24, 2.45) is 5.92 Å². The van der Waals surface area contributed by atoms with Gasteiger partial charge in [0.15, 0.2) is 0 Å². The predicted molar refractivity (Wildman–Crippen MR) is 84.8 cm³/mol. The van der Waals surface area contributed by atoms with Crippen LogP contribution in [-0.4, -0.2) is 30.5 Å². The summed E-state index contributed by atoms with van der Waals surface area (Å²) in [6, 6.07) is 3.51. The fourth-order valence-electron chi connectivity index (χ4n) is 3.07.